The second kappa shape index (κ2) is 4.93. The number of pyridine rings is 1. The van der Waals surface area contributed by atoms with Gasteiger partial charge in [-0.1, -0.05) is 0 Å². The molecule has 2 aliphatic heterocycles. The van der Waals surface area contributed by atoms with Crippen LogP contribution < -0.4 is 9.80 Å². The van der Waals surface area contributed by atoms with Crippen molar-refractivity contribution in [1.29, 1.82) is 5.26 Å². The van der Waals surface area contributed by atoms with Crippen molar-refractivity contribution in [3.05, 3.63) is 17.8 Å². The Balaban J connectivity index is 1.77. The van der Waals surface area contributed by atoms with E-state index in [0.717, 1.165) is 43.0 Å². The van der Waals surface area contributed by atoms with Crippen LogP contribution in [0.4, 0.5) is 11.5 Å². The van der Waals surface area contributed by atoms with E-state index in [4.69, 9.17) is 0 Å². The van der Waals surface area contributed by atoms with Gasteiger partial charge < -0.3 is 14.7 Å². The zero-order valence-corrected chi connectivity index (χ0v) is 13.6. The molecule has 6 nitrogen and oxygen atoms in total. The number of amides is 1. The van der Waals surface area contributed by atoms with Gasteiger partial charge in [0.1, 0.15) is 6.04 Å². The Kier molecular flexibility index (Phi) is 3.10. The lowest BCUT2D eigenvalue weighted by molar-refractivity contribution is -0.121. The summed E-state index contributed by atoms with van der Waals surface area (Å²) < 4.78 is 0. The summed E-state index contributed by atoms with van der Waals surface area (Å²) in [5, 5.41) is 9.43. The number of rotatable bonds is 2. The highest BCUT2D eigenvalue weighted by atomic mass is 16.2. The summed E-state index contributed by atoms with van der Waals surface area (Å²) in [6, 6.07) is 4.25. The number of carbonyl (C=O) groups excluding carboxylic acids is 1. The molecule has 0 bridgehead atoms. The Labute approximate surface area is 136 Å². The average molecular weight is 311 g/mol. The van der Waals surface area contributed by atoms with Crippen LogP contribution in [-0.2, 0) is 4.79 Å². The standard InChI is InChI=1S/C17H21N5O/c1-12-7-13-15(19-8-12)21-6-5-20(2)9-14(21)16(23)22(13)11-17(10-18)3-4-17/h7-8,14H,3-6,9,11H2,1-2H3. The molecular formula is C17H21N5O. The van der Waals surface area contributed by atoms with Crippen LogP contribution in [0.15, 0.2) is 12.3 Å². The lowest BCUT2D eigenvalue weighted by atomic mass is 10.0. The van der Waals surface area contributed by atoms with Gasteiger partial charge >= 0.3 is 0 Å². The number of fused-ring (bicyclic) bond motifs is 3. The molecule has 3 aliphatic rings. The highest BCUT2D eigenvalue weighted by Crippen LogP contribution is 2.48. The normalized spacial score (nSPS) is 25.6. The van der Waals surface area contributed by atoms with Crippen LogP contribution in [0.3, 0.4) is 0 Å². The lowest BCUT2D eigenvalue weighted by Crippen LogP contribution is -2.62. The molecule has 23 heavy (non-hydrogen) atoms. The highest BCUT2D eigenvalue weighted by Gasteiger charge is 2.49. The monoisotopic (exact) mass is 311 g/mol. The first-order valence-electron chi connectivity index (χ1n) is 8.17. The number of nitriles is 1. The van der Waals surface area contributed by atoms with Crippen molar-refractivity contribution in [2.45, 2.75) is 25.8 Å². The van der Waals surface area contributed by atoms with E-state index in [9.17, 15) is 10.1 Å². The molecule has 1 atom stereocenters. The molecule has 3 heterocycles. The molecule has 1 aliphatic carbocycles. The maximum Gasteiger partial charge on any atom is 0.251 e. The van der Waals surface area contributed by atoms with Crippen molar-refractivity contribution in [2.75, 3.05) is 43.0 Å². The summed E-state index contributed by atoms with van der Waals surface area (Å²) in [7, 11) is 2.05. The fraction of sp³-hybridized carbons (Fsp3) is 0.588. The smallest absolute Gasteiger partial charge is 0.251 e. The molecule has 1 amide bonds. The lowest BCUT2D eigenvalue weighted by Gasteiger charge is -2.47. The Bertz CT molecular complexity index is 705. The number of hydrogen-bond donors (Lipinski definition) is 0. The van der Waals surface area contributed by atoms with E-state index >= 15 is 0 Å². The molecule has 0 N–H and O–H groups in total. The number of anilines is 2. The third-order valence-corrected chi connectivity index (χ3v) is 5.23. The number of likely N-dealkylation sites (N-methyl/N-ethyl adjacent to an activating group) is 1. The topological polar surface area (TPSA) is 63.5 Å². The summed E-state index contributed by atoms with van der Waals surface area (Å²) in [5.41, 5.74) is 1.56. The molecule has 1 saturated carbocycles. The summed E-state index contributed by atoms with van der Waals surface area (Å²) in [4.78, 5) is 23.9. The van der Waals surface area contributed by atoms with E-state index in [2.05, 4.69) is 20.9 Å². The van der Waals surface area contributed by atoms with E-state index in [1.165, 1.54) is 0 Å². The third-order valence-electron chi connectivity index (χ3n) is 5.23. The van der Waals surface area contributed by atoms with Crippen LogP contribution in [0.1, 0.15) is 18.4 Å². The van der Waals surface area contributed by atoms with Crippen LogP contribution in [0.5, 0.6) is 0 Å². The third kappa shape index (κ3) is 2.27. The number of hydrogen-bond acceptors (Lipinski definition) is 5. The Morgan fingerprint density at radius 3 is 2.91 bits per heavy atom. The number of piperazine rings is 1. The largest absolute Gasteiger partial charge is 0.340 e. The van der Waals surface area contributed by atoms with Crippen molar-refractivity contribution in [3.63, 3.8) is 0 Å². The van der Waals surface area contributed by atoms with Gasteiger partial charge in [-0.25, -0.2) is 4.98 Å². The van der Waals surface area contributed by atoms with Crippen LogP contribution in [-0.4, -0.2) is 55.1 Å². The molecule has 1 aromatic heterocycles. The molecule has 6 heteroatoms. The van der Waals surface area contributed by atoms with E-state index < -0.39 is 0 Å². The molecule has 1 aromatic rings. The van der Waals surface area contributed by atoms with Crippen molar-refractivity contribution in [1.82, 2.24) is 9.88 Å². The predicted octanol–water partition coefficient (Wildman–Crippen LogP) is 1.16. The van der Waals surface area contributed by atoms with Gasteiger partial charge in [0, 0.05) is 32.4 Å². The zero-order chi connectivity index (χ0) is 16.2. The Morgan fingerprint density at radius 2 is 2.22 bits per heavy atom. The highest BCUT2D eigenvalue weighted by molar-refractivity contribution is 6.05. The summed E-state index contributed by atoms with van der Waals surface area (Å²) in [5.74, 6) is 1.00. The molecule has 0 spiro atoms. The summed E-state index contributed by atoms with van der Waals surface area (Å²) in [6.45, 7) is 4.94. The van der Waals surface area contributed by atoms with E-state index in [0.29, 0.717) is 13.1 Å². The Hall–Kier alpha value is -2.13. The van der Waals surface area contributed by atoms with Gasteiger partial charge in [0.2, 0.25) is 0 Å². The first-order chi connectivity index (χ1) is 11.0. The second-order valence-corrected chi connectivity index (χ2v) is 7.14. The fourth-order valence-electron chi connectivity index (χ4n) is 3.57. The predicted molar refractivity (Wildman–Crippen MR) is 87.2 cm³/mol. The maximum atomic E-state index is 13.1. The molecule has 4 rings (SSSR count). The Morgan fingerprint density at radius 1 is 1.43 bits per heavy atom. The van der Waals surface area contributed by atoms with Crippen LogP contribution in [0, 0.1) is 23.7 Å². The van der Waals surface area contributed by atoms with Crippen molar-refractivity contribution in [2.24, 2.45) is 5.41 Å². The minimum Gasteiger partial charge on any atom is -0.340 e. The SMILES string of the molecule is Cc1cnc2c(c1)N(CC1(C#N)CC1)C(=O)C1CN(C)CCN21. The fourth-order valence-corrected chi connectivity index (χ4v) is 3.57. The number of nitrogens with zero attached hydrogens (tertiary/aromatic N) is 5. The minimum atomic E-state index is -0.348. The van der Waals surface area contributed by atoms with E-state index in [-0.39, 0.29) is 17.4 Å². The van der Waals surface area contributed by atoms with E-state index in [1.807, 2.05) is 31.1 Å². The van der Waals surface area contributed by atoms with Gasteiger partial charge in [-0.05, 0) is 38.4 Å². The molecule has 120 valence electrons. The van der Waals surface area contributed by atoms with Gasteiger partial charge in [-0.15, -0.1) is 0 Å². The maximum absolute atomic E-state index is 13.1. The minimum absolute atomic E-state index is 0.109. The molecule has 1 unspecified atom stereocenters. The van der Waals surface area contributed by atoms with E-state index in [1.54, 1.807) is 0 Å². The number of aromatic nitrogens is 1. The first-order valence-corrected chi connectivity index (χ1v) is 8.17. The van der Waals surface area contributed by atoms with Gasteiger partial charge in [0.25, 0.3) is 5.91 Å². The van der Waals surface area contributed by atoms with Crippen LogP contribution in [0.2, 0.25) is 0 Å². The molecule has 1 saturated heterocycles. The van der Waals surface area contributed by atoms with Gasteiger partial charge in [0.05, 0.1) is 17.2 Å². The van der Waals surface area contributed by atoms with Crippen molar-refractivity contribution in [3.8, 4) is 6.07 Å². The molecule has 0 aromatic carbocycles. The second-order valence-electron chi connectivity index (χ2n) is 7.14. The average Bonchev–Trinajstić information content (AvgIpc) is 3.32. The van der Waals surface area contributed by atoms with Crippen molar-refractivity contribution < 1.29 is 4.79 Å². The molecule has 0 radical (unpaired) electrons. The van der Waals surface area contributed by atoms with Crippen LogP contribution >= 0.6 is 0 Å². The number of aryl methyl sites for hydroxylation is 1. The molecule has 2 fully saturated rings. The van der Waals surface area contributed by atoms with Crippen molar-refractivity contribution >= 4 is 17.4 Å². The summed E-state index contributed by atoms with van der Waals surface area (Å²) in [6.07, 6.45) is 3.63. The molecular weight excluding hydrogens is 290 g/mol. The summed E-state index contributed by atoms with van der Waals surface area (Å²) >= 11 is 0. The van der Waals surface area contributed by atoms with Gasteiger partial charge in [-0.3, -0.25) is 4.79 Å². The van der Waals surface area contributed by atoms with Gasteiger partial charge in [0.15, 0.2) is 5.82 Å². The van der Waals surface area contributed by atoms with Crippen LogP contribution in [0.25, 0.3) is 0 Å². The quantitative estimate of drug-likeness (QED) is 0.820. The first kappa shape index (κ1) is 14.5. The van der Waals surface area contributed by atoms with Gasteiger partial charge in [-0.2, -0.15) is 5.26 Å². The zero-order valence-electron chi connectivity index (χ0n) is 13.6. The number of carbonyl (C=O) groups is 1.